The minimum atomic E-state index is 0.258. The molecular formula is C15H27BrN4S. The predicted molar refractivity (Wildman–Crippen MR) is 95.0 cm³/mol. The molecule has 0 aliphatic carbocycles. The maximum atomic E-state index is 4.59. The van der Waals surface area contributed by atoms with E-state index in [2.05, 4.69) is 75.6 Å². The first-order valence-electron chi connectivity index (χ1n) is 7.71. The summed E-state index contributed by atoms with van der Waals surface area (Å²) in [5.41, 5.74) is 1.30. The highest BCUT2D eigenvalue weighted by atomic mass is 79.9. The Bertz CT molecular complexity index is 455. The lowest BCUT2D eigenvalue weighted by Crippen LogP contribution is -2.39. The van der Waals surface area contributed by atoms with Crippen molar-refractivity contribution in [2.45, 2.75) is 44.0 Å². The zero-order valence-electron chi connectivity index (χ0n) is 13.5. The van der Waals surface area contributed by atoms with E-state index in [4.69, 9.17) is 0 Å². The van der Waals surface area contributed by atoms with Gasteiger partial charge in [0.2, 0.25) is 0 Å². The van der Waals surface area contributed by atoms with Crippen molar-refractivity contribution < 1.29 is 0 Å². The average molecular weight is 375 g/mol. The van der Waals surface area contributed by atoms with Crippen molar-refractivity contribution in [3.63, 3.8) is 0 Å². The van der Waals surface area contributed by atoms with Crippen molar-refractivity contribution in [2.24, 2.45) is 0 Å². The summed E-state index contributed by atoms with van der Waals surface area (Å²) >= 11 is 5.82. The standard InChI is InChI=1S/C15H27BrN4S/c1-5-17-14(15(2)7-6-10-21-15)13-12(16)11-18-20(13)9-8-19(3)4/h11,14,17H,5-10H2,1-4H3. The van der Waals surface area contributed by atoms with Crippen LogP contribution < -0.4 is 5.32 Å². The van der Waals surface area contributed by atoms with Gasteiger partial charge >= 0.3 is 0 Å². The molecule has 2 heterocycles. The Kier molecular flexibility index (Phi) is 6.17. The fourth-order valence-corrected chi connectivity index (χ4v) is 4.90. The number of aromatic nitrogens is 2. The Balaban J connectivity index is 2.29. The van der Waals surface area contributed by atoms with E-state index < -0.39 is 0 Å². The Morgan fingerprint density at radius 3 is 2.90 bits per heavy atom. The third-order valence-electron chi connectivity index (χ3n) is 4.13. The summed E-state index contributed by atoms with van der Waals surface area (Å²) in [6, 6.07) is 0.342. The first kappa shape index (κ1) is 17.3. The van der Waals surface area contributed by atoms with Crippen LogP contribution in [0.4, 0.5) is 0 Å². The van der Waals surface area contributed by atoms with Gasteiger partial charge in [-0.3, -0.25) is 4.68 Å². The van der Waals surface area contributed by atoms with E-state index in [1.165, 1.54) is 24.3 Å². The molecule has 0 saturated carbocycles. The molecule has 0 spiro atoms. The molecule has 4 nitrogen and oxygen atoms in total. The number of nitrogens with zero attached hydrogens (tertiary/aromatic N) is 3. The van der Waals surface area contributed by atoms with Gasteiger partial charge in [0.05, 0.1) is 29.0 Å². The molecule has 6 heteroatoms. The molecule has 1 aliphatic heterocycles. The third kappa shape index (κ3) is 4.03. The smallest absolute Gasteiger partial charge is 0.0710 e. The second-order valence-corrected chi connectivity index (χ2v) is 8.64. The van der Waals surface area contributed by atoms with Crippen molar-refractivity contribution >= 4 is 27.7 Å². The van der Waals surface area contributed by atoms with Crippen LogP contribution in [0.15, 0.2) is 10.7 Å². The highest BCUT2D eigenvalue weighted by molar-refractivity contribution is 9.10. The number of hydrogen-bond donors (Lipinski definition) is 1. The monoisotopic (exact) mass is 374 g/mol. The van der Waals surface area contributed by atoms with Gasteiger partial charge in [-0.15, -0.1) is 0 Å². The number of thioether (sulfide) groups is 1. The van der Waals surface area contributed by atoms with Gasteiger partial charge in [0.1, 0.15) is 0 Å². The molecule has 21 heavy (non-hydrogen) atoms. The quantitative estimate of drug-likeness (QED) is 0.794. The maximum absolute atomic E-state index is 4.59. The van der Waals surface area contributed by atoms with Gasteiger partial charge in [-0.1, -0.05) is 6.92 Å². The fourth-order valence-electron chi connectivity index (χ4n) is 2.97. The Labute approximate surface area is 141 Å². The zero-order valence-corrected chi connectivity index (χ0v) is 15.9. The first-order chi connectivity index (χ1) is 9.98. The SMILES string of the molecule is CCNC(c1c(Br)cnn1CCN(C)C)C1(C)CCCS1. The number of likely N-dealkylation sites (N-methyl/N-ethyl adjacent to an activating group) is 1. The van der Waals surface area contributed by atoms with Crippen LogP contribution >= 0.6 is 27.7 Å². The lowest BCUT2D eigenvalue weighted by atomic mass is 9.93. The molecule has 1 saturated heterocycles. The minimum Gasteiger partial charge on any atom is -0.308 e. The topological polar surface area (TPSA) is 33.1 Å². The van der Waals surface area contributed by atoms with Crippen molar-refractivity contribution in [3.05, 3.63) is 16.4 Å². The van der Waals surface area contributed by atoms with Crippen molar-refractivity contribution in [1.29, 1.82) is 0 Å². The molecule has 1 aromatic heterocycles. The summed E-state index contributed by atoms with van der Waals surface area (Å²) in [7, 11) is 4.21. The molecule has 120 valence electrons. The first-order valence-corrected chi connectivity index (χ1v) is 9.49. The summed E-state index contributed by atoms with van der Waals surface area (Å²) in [6.07, 6.45) is 4.52. The molecule has 0 amide bonds. The number of hydrogen-bond acceptors (Lipinski definition) is 4. The summed E-state index contributed by atoms with van der Waals surface area (Å²) in [4.78, 5) is 2.20. The number of halogens is 1. The zero-order chi connectivity index (χ0) is 15.5. The molecular weight excluding hydrogens is 348 g/mol. The van der Waals surface area contributed by atoms with Gasteiger partial charge in [0.15, 0.2) is 0 Å². The normalized spacial score (nSPS) is 23.9. The van der Waals surface area contributed by atoms with Crippen LogP contribution in [0.5, 0.6) is 0 Å². The molecule has 2 atom stereocenters. The lowest BCUT2D eigenvalue weighted by Gasteiger charge is -2.34. The van der Waals surface area contributed by atoms with E-state index in [0.717, 1.165) is 24.1 Å². The molecule has 2 unspecified atom stereocenters. The van der Waals surface area contributed by atoms with Gasteiger partial charge in [-0.05, 0) is 62.1 Å². The molecule has 1 fully saturated rings. The van der Waals surface area contributed by atoms with Crippen LogP contribution in [-0.2, 0) is 6.54 Å². The van der Waals surface area contributed by atoms with Gasteiger partial charge in [0, 0.05) is 11.3 Å². The fraction of sp³-hybridized carbons (Fsp3) is 0.800. The molecule has 2 rings (SSSR count). The van der Waals surface area contributed by atoms with E-state index in [1.807, 2.05) is 6.20 Å². The van der Waals surface area contributed by atoms with E-state index in [0.29, 0.717) is 6.04 Å². The Hall–Kier alpha value is -0.0400. The summed E-state index contributed by atoms with van der Waals surface area (Å²) in [5.74, 6) is 1.27. The highest BCUT2D eigenvalue weighted by Crippen LogP contribution is 2.47. The van der Waals surface area contributed by atoms with Gasteiger partial charge in [-0.25, -0.2) is 0 Å². The second-order valence-electron chi connectivity index (χ2n) is 6.16. The van der Waals surface area contributed by atoms with Crippen LogP contribution in [0.25, 0.3) is 0 Å². The van der Waals surface area contributed by atoms with Gasteiger partial charge in [0.25, 0.3) is 0 Å². The van der Waals surface area contributed by atoms with Crippen molar-refractivity contribution in [1.82, 2.24) is 20.0 Å². The Morgan fingerprint density at radius 1 is 1.57 bits per heavy atom. The maximum Gasteiger partial charge on any atom is 0.0710 e. The van der Waals surface area contributed by atoms with E-state index in [9.17, 15) is 0 Å². The summed E-state index contributed by atoms with van der Waals surface area (Å²) in [6.45, 7) is 7.49. The van der Waals surface area contributed by atoms with Crippen LogP contribution in [0.2, 0.25) is 0 Å². The van der Waals surface area contributed by atoms with E-state index in [-0.39, 0.29) is 4.75 Å². The van der Waals surface area contributed by atoms with E-state index >= 15 is 0 Å². The van der Waals surface area contributed by atoms with Crippen molar-refractivity contribution in [2.75, 3.05) is 32.9 Å². The summed E-state index contributed by atoms with van der Waals surface area (Å²) < 4.78 is 3.55. The van der Waals surface area contributed by atoms with Gasteiger partial charge < -0.3 is 10.2 Å². The molecule has 1 N–H and O–H groups in total. The van der Waals surface area contributed by atoms with E-state index in [1.54, 1.807) is 0 Å². The van der Waals surface area contributed by atoms with Crippen LogP contribution in [-0.4, -0.2) is 52.4 Å². The van der Waals surface area contributed by atoms with Crippen molar-refractivity contribution in [3.8, 4) is 0 Å². The van der Waals surface area contributed by atoms with Crippen LogP contribution in [0, 0.1) is 0 Å². The van der Waals surface area contributed by atoms with Gasteiger partial charge in [-0.2, -0.15) is 16.9 Å². The molecule has 0 bridgehead atoms. The average Bonchev–Trinajstić information content (AvgIpc) is 3.01. The number of rotatable bonds is 7. The minimum absolute atomic E-state index is 0.258. The molecule has 1 aliphatic rings. The molecule has 0 radical (unpaired) electrons. The lowest BCUT2D eigenvalue weighted by molar-refractivity contribution is 0.347. The third-order valence-corrected chi connectivity index (χ3v) is 6.34. The molecule has 1 aromatic rings. The highest BCUT2D eigenvalue weighted by Gasteiger charge is 2.40. The predicted octanol–water partition coefficient (Wildman–Crippen LogP) is 3.14. The largest absolute Gasteiger partial charge is 0.308 e. The molecule has 0 aromatic carbocycles. The second kappa shape index (κ2) is 7.49. The number of nitrogens with one attached hydrogen (secondary N) is 1. The Morgan fingerprint density at radius 2 is 2.33 bits per heavy atom. The summed E-state index contributed by atoms with van der Waals surface area (Å²) in [5, 5.41) is 8.30. The van der Waals surface area contributed by atoms with Crippen LogP contribution in [0.3, 0.4) is 0 Å². The van der Waals surface area contributed by atoms with Crippen LogP contribution in [0.1, 0.15) is 38.4 Å².